The van der Waals surface area contributed by atoms with Crippen LogP contribution in [0.2, 0.25) is 0 Å². The Morgan fingerprint density at radius 1 is 1.00 bits per heavy atom. The molecular formula is C26H28N6O3S. The molecule has 0 radical (unpaired) electrons. The Balaban J connectivity index is 1.36. The molecule has 0 spiro atoms. The minimum Gasteiger partial charge on any atom is -0.396 e. The Hall–Kier alpha value is -3.05. The van der Waals surface area contributed by atoms with Crippen LogP contribution in [0.15, 0.2) is 64.6 Å². The fraction of sp³-hybridized carbons (Fsp3) is 0.385. The fourth-order valence-electron chi connectivity index (χ4n) is 5.01. The lowest BCUT2D eigenvalue weighted by Crippen LogP contribution is -2.30. The van der Waals surface area contributed by atoms with Gasteiger partial charge in [-0.3, -0.25) is 0 Å². The summed E-state index contributed by atoms with van der Waals surface area (Å²) in [5.41, 5.74) is 3.48. The number of benzene rings is 2. The number of hydrogen-bond acceptors (Lipinski definition) is 9. The van der Waals surface area contributed by atoms with Crippen molar-refractivity contribution in [2.75, 3.05) is 11.9 Å². The molecule has 0 bridgehead atoms. The zero-order valence-corrected chi connectivity index (χ0v) is 20.6. The molecule has 2 saturated carbocycles. The van der Waals surface area contributed by atoms with Crippen molar-refractivity contribution in [3.05, 3.63) is 65.7 Å². The predicted octanol–water partition coefficient (Wildman–Crippen LogP) is 2.92. The van der Waals surface area contributed by atoms with Crippen molar-refractivity contribution in [2.24, 2.45) is 5.92 Å². The van der Waals surface area contributed by atoms with Gasteiger partial charge in [0.15, 0.2) is 22.1 Å². The van der Waals surface area contributed by atoms with Crippen LogP contribution >= 0.6 is 11.8 Å². The number of aliphatic hydroxyl groups excluding tert-OH is 3. The van der Waals surface area contributed by atoms with Crippen LogP contribution in [0.25, 0.3) is 11.2 Å². The first kappa shape index (κ1) is 23.4. The van der Waals surface area contributed by atoms with Crippen molar-refractivity contribution in [1.82, 2.24) is 25.0 Å². The standard InChI is InChI=1S/C26H28N6O3S/c1-14-7-9-17(10-8-14)36-26-28-24(27-19-12-18(19)15-5-3-2-4-6-15)21-25(29-26)32(31-30-21)20-11-16(13-33)22(34)23(20)35/h2-10,16,18-20,22-23,33-35H,11-13H2,1H3,(H,27,28,29)/t16-,18?,19?,20-,22-,23+/m0/s1. The molecule has 2 aliphatic carbocycles. The molecule has 4 N–H and O–H groups in total. The monoisotopic (exact) mass is 504 g/mol. The Labute approximate surface area is 212 Å². The van der Waals surface area contributed by atoms with Gasteiger partial charge in [-0.05, 0) is 49.2 Å². The van der Waals surface area contributed by atoms with Crippen LogP contribution in [0.5, 0.6) is 0 Å². The van der Waals surface area contributed by atoms with E-state index in [1.807, 2.05) is 37.3 Å². The zero-order valence-electron chi connectivity index (χ0n) is 19.8. The van der Waals surface area contributed by atoms with Gasteiger partial charge < -0.3 is 20.6 Å². The highest BCUT2D eigenvalue weighted by Gasteiger charge is 2.44. The maximum Gasteiger partial charge on any atom is 0.196 e. The maximum absolute atomic E-state index is 10.7. The SMILES string of the molecule is Cc1ccc(Sc2nc(NC3CC3c3ccccc3)c3nnn([C@H]4C[C@@H](CO)[C@H](O)[C@@H]4O)c3n2)cc1. The van der Waals surface area contributed by atoms with Gasteiger partial charge in [-0.15, -0.1) is 5.10 Å². The topological polar surface area (TPSA) is 129 Å². The van der Waals surface area contributed by atoms with Crippen LogP contribution < -0.4 is 5.32 Å². The fourth-order valence-corrected chi connectivity index (χ4v) is 5.76. The third-order valence-corrected chi connectivity index (χ3v) is 8.07. The van der Waals surface area contributed by atoms with E-state index in [1.165, 1.54) is 22.9 Å². The number of aromatic nitrogens is 5. The van der Waals surface area contributed by atoms with E-state index in [0.717, 1.165) is 11.3 Å². The summed E-state index contributed by atoms with van der Waals surface area (Å²) >= 11 is 1.45. The lowest BCUT2D eigenvalue weighted by Gasteiger charge is -2.17. The van der Waals surface area contributed by atoms with Gasteiger partial charge in [-0.1, -0.05) is 53.2 Å². The van der Waals surface area contributed by atoms with E-state index >= 15 is 0 Å². The molecule has 0 saturated heterocycles. The number of aryl methyl sites for hydroxylation is 1. The lowest BCUT2D eigenvalue weighted by atomic mass is 10.1. The van der Waals surface area contributed by atoms with Crippen LogP contribution in [-0.4, -0.2) is 65.1 Å². The summed E-state index contributed by atoms with van der Waals surface area (Å²) in [5, 5.41) is 43.5. The van der Waals surface area contributed by atoms with Gasteiger partial charge in [0.1, 0.15) is 6.10 Å². The van der Waals surface area contributed by atoms with Crippen molar-refractivity contribution < 1.29 is 15.3 Å². The van der Waals surface area contributed by atoms with E-state index < -0.39 is 24.2 Å². The number of nitrogens with one attached hydrogen (secondary N) is 1. The smallest absolute Gasteiger partial charge is 0.196 e. The van der Waals surface area contributed by atoms with Gasteiger partial charge in [0, 0.05) is 29.4 Å². The Bertz CT molecular complexity index is 1370. The molecule has 6 rings (SSSR count). The molecule has 36 heavy (non-hydrogen) atoms. The number of nitrogens with zero attached hydrogens (tertiary/aromatic N) is 5. The van der Waals surface area contributed by atoms with Gasteiger partial charge in [-0.25, -0.2) is 14.6 Å². The Morgan fingerprint density at radius 3 is 2.50 bits per heavy atom. The number of hydrogen-bond donors (Lipinski definition) is 4. The molecule has 186 valence electrons. The number of rotatable bonds is 7. The molecule has 2 unspecified atom stereocenters. The number of anilines is 1. The third kappa shape index (κ3) is 4.34. The summed E-state index contributed by atoms with van der Waals surface area (Å²) < 4.78 is 1.58. The second-order valence-electron chi connectivity index (χ2n) is 9.71. The van der Waals surface area contributed by atoms with E-state index in [0.29, 0.717) is 34.5 Å². The van der Waals surface area contributed by atoms with Crippen molar-refractivity contribution >= 4 is 28.7 Å². The summed E-state index contributed by atoms with van der Waals surface area (Å²) in [6, 6.07) is 18.3. The van der Waals surface area contributed by atoms with Crippen molar-refractivity contribution in [3.8, 4) is 0 Å². The van der Waals surface area contributed by atoms with Crippen molar-refractivity contribution in [2.45, 2.75) is 60.0 Å². The van der Waals surface area contributed by atoms with Gasteiger partial charge in [0.05, 0.1) is 12.1 Å². The third-order valence-electron chi connectivity index (χ3n) is 7.19. The molecule has 9 nitrogen and oxygen atoms in total. The highest BCUT2D eigenvalue weighted by Crippen LogP contribution is 2.44. The first-order valence-corrected chi connectivity index (χ1v) is 13.0. The normalized spacial score (nSPS) is 27.4. The molecular weight excluding hydrogens is 476 g/mol. The minimum absolute atomic E-state index is 0.208. The average molecular weight is 505 g/mol. The molecule has 4 aromatic rings. The molecule has 10 heteroatoms. The summed E-state index contributed by atoms with van der Waals surface area (Å²) in [5.74, 6) is 0.579. The van der Waals surface area contributed by atoms with E-state index in [9.17, 15) is 15.3 Å². The molecule has 2 aliphatic rings. The number of fused-ring (bicyclic) bond motifs is 1. The Kier molecular flexibility index (Phi) is 6.12. The van der Waals surface area contributed by atoms with E-state index in [4.69, 9.17) is 9.97 Å². The average Bonchev–Trinajstić information content (AvgIpc) is 3.44. The lowest BCUT2D eigenvalue weighted by molar-refractivity contribution is -0.00512. The largest absolute Gasteiger partial charge is 0.396 e. The molecule has 0 amide bonds. The summed E-state index contributed by atoms with van der Waals surface area (Å²) in [7, 11) is 0. The second kappa shape index (κ2) is 9.44. The molecule has 2 aromatic carbocycles. The summed E-state index contributed by atoms with van der Waals surface area (Å²) in [6.45, 7) is 1.84. The molecule has 0 aliphatic heterocycles. The minimum atomic E-state index is -1.07. The van der Waals surface area contributed by atoms with Crippen LogP contribution in [0, 0.1) is 12.8 Å². The molecule has 2 heterocycles. The first-order chi connectivity index (χ1) is 17.5. The molecule has 2 fully saturated rings. The number of aliphatic hydroxyl groups is 3. The molecule has 2 aromatic heterocycles. The van der Waals surface area contributed by atoms with Crippen LogP contribution in [-0.2, 0) is 0 Å². The van der Waals surface area contributed by atoms with Gasteiger partial charge >= 0.3 is 0 Å². The van der Waals surface area contributed by atoms with Crippen LogP contribution in [0.1, 0.15) is 35.9 Å². The highest BCUT2D eigenvalue weighted by atomic mass is 32.2. The van der Waals surface area contributed by atoms with E-state index in [2.05, 4.69) is 39.9 Å². The second-order valence-corrected chi connectivity index (χ2v) is 10.7. The van der Waals surface area contributed by atoms with Crippen LogP contribution in [0.4, 0.5) is 5.82 Å². The van der Waals surface area contributed by atoms with E-state index in [1.54, 1.807) is 4.68 Å². The maximum atomic E-state index is 10.7. The van der Waals surface area contributed by atoms with Crippen LogP contribution in [0.3, 0.4) is 0 Å². The zero-order chi connectivity index (χ0) is 24.8. The van der Waals surface area contributed by atoms with E-state index in [-0.39, 0.29) is 12.6 Å². The Morgan fingerprint density at radius 2 is 1.78 bits per heavy atom. The van der Waals surface area contributed by atoms with Gasteiger partial charge in [-0.2, -0.15) is 0 Å². The predicted molar refractivity (Wildman–Crippen MR) is 136 cm³/mol. The first-order valence-electron chi connectivity index (χ1n) is 12.2. The highest BCUT2D eigenvalue weighted by molar-refractivity contribution is 7.99. The van der Waals surface area contributed by atoms with Crippen molar-refractivity contribution in [3.63, 3.8) is 0 Å². The summed E-state index contributed by atoms with van der Waals surface area (Å²) in [4.78, 5) is 10.6. The van der Waals surface area contributed by atoms with Gasteiger partial charge in [0.25, 0.3) is 0 Å². The van der Waals surface area contributed by atoms with Gasteiger partial charge in [0.2, 0.25) is 0 Å². The quantitative estimate of drug-likeness (QED) is 0.281. The molecule has 6 atom stereocenters. The van der Waals surface area contributed by atoms with Crippen molar-refractivity contribution in [1.29, 1.82) is 0 Å². The summed E-state index contributed by atoms with van der Waals surface area (Å²) in [6.07, 6.45) is -0.727.